The number of carbonyl (C=O) groups is 1. The molecule has 1 heterocycles. The van der Waals surface area contributed by atoms with Gasteiger partial charge in [0.1, 0.15) is 0 Å². The van der Waals surface area contributed by atoms with Crippen LogP contribution in [0.5, 0.6) is 0 Å². The molecule has 0 radical (unpaired) electrons. The largest absolute Gasteiger partial charge is 0.325 e. The van der Waals surface area contributed by atoms with Crippen LogP contribution in [0.4, 0.5) is 5.69 Å². The molecule has 1 aromatic heterocycles. The molecule has 7 heteroatoms. The molecule has 1 N–H and O–H groups in total. The fourth-order valence-corrected chi connectivity index (χ4v) is 3.50. The number of thioether (sulfide) groups is 1. The Morgan fingerprint density at radius 1 is 1.30 bits per heavy atom. The lowest BCUT2D eigenvalue weighted by molar-refractivity contribution is -0.113. The summed E-state index contributed by atoms with van der Waals surface area (Å²) in [6.07, 6.45) is 3.91. The van der Waals surface area contributed by atoms with Crippen molar-refractivity contribution in [2.45, 2.75) is 18.5 Å². The number of hydrogen-bond acceptors (Lipinski definition) is 4. The first-order valence-corrected chi connectivity index (χ1v) is 9.62. The van der Waals surface area contributed by atoms with Crippen molar-refractivity contribution in [2.75, 3.05) is 11.1 Å². The molecule has 0 saturated carbocycles. The normalized spacial score (nSPS) is 10.4. The zero-order valence-electron chi connectivity index (χ0n) is 14.6. The molecule has 0 aliphatic carbocycles. The number of carbonyl (C=O) groups excluding carboxylic acids is 1. The Morgan fingerprint density at radius 3 is 2.81 bits per heavy atom. The fraction of sp³-hybridized carbons (Fsp3) is 0.150. The zero-order valence-corrected chi connectivity index (χ0v) is 16.2. The Hall–Kier alpha value is -2.75. The van der Waals surface area contributed by atoms with Gasteiger partial charge in [-0.25, -0.2) is 4.98 Å². The molecule has 1 amide bonds. The van der Waals surface area contributed by atoms with E-state index in [9.17, 15) is 4.79 Å². The van der Waals surface area contributed by atoms with E-state index in [1.54, 1.807) is 18.3 Å². The lowest BCUT2D eigenvalue weighted by atomic mass is 10.1. The van der Waals surface area contributed by atoms with Gasteiger partial charge in [0, 0.05) is 23.1 Å². The van der Waals surface area contributed by atoms with Crippen molar-refractivity contribution in [3.63, 3.8) is 0 Å². The van der Waals surface area contributed by atoms with E-state index in [-0.39, 0.29) is 11.7 Å². The highest BCUT2D eigenvalue weighted by molar-refractivity contribution is 7.99. The summed E-state index contributed by atoms with van der Waals surface area (Å²) in [5.41, 5.74) is 3.53. The molecule has 2 aromatic carbocycles. The number of aromatic nitrogens is 2. The van der Waals surface area contributed by atoms with Crippen molar-refractivity contribution in [1.82, 2.24) is 9.55 Å². The van der Waals surface area contributed by atoms with Gasteiger partial charge in [-0.05, 0) is 42.3 Å². The quantitative estimate of drug-likeness (QED) is 0.616. The number of anilines is 1. The van der Waals surface area contributed by atoms with E-state index >= 15 is 0 Å². The number of rotatable bonds is 6. The maximum atomic E-state index is 12.2. The van der Waals surface area contributed by atoms with Crippen LogP contribution in [0.2, 0.25) is 5.02 Å². The van der Waals surface area contributed by atoms with E-state index in [4.69, 9.17) is 16.9 Å². The smallest absolute Gasteiger partial charge is 0.234 e. The molecular weight excluding hydrogens is 380 g/mol. The second kappa shape index (κ2) is 8.76. The standard InChI is InChI=1S/C20H17ClN4OS/c1-14-17(21)3-2-4-18(14)25-12-11-23-20(25)27-13-19(26)24-16-7-5-15(6-8-16)9-10-22/h2-8,11-12H,9,13H2,1H3,(H,24,26). The molecule has 0 atom stereocenters. The molecule has 3 aromatic rings. The molecule has 0 aliphatic heterocycles. The van der Waals surface area contributed by atoms with Gasteiger partial charge in [0.2, 0.25) is 5.91 Å². The van der Waals surface area contributed by atoms with Crippen LogP contribution in [-0.2, 0) is 11.2 Å². The van der Waals surface area contributed by atoms with E-state index < -0.39 is 0 Å². The van der Waals surface area contributed by atoms with Gasteiger partial charge in [-0.2, -0.15) is 5.26 Å². The predicted octanol–water partition coefficient (Wildman–Crippen LogP) is 4.63. The minimum Gasteiger partial charge on any atom is -0.325 e. The van der Waals surface area contributed by atoms with Crippen LogP contribution in [0.1, 0.15) is 11.1 Å². The Balaban J connectivity index is 1.64. The second-order valence-electron chi connectivity index (χ2n) is 5.83. The number of nitrogens with one attached hydrogen (secondary N) is 1. The third-order valence-electron chi connectivity index (χ3n) is 3.96. The molecule has 0 aliphatic rings. The number of imidazole rings is 1. The summed E-state index contributed by atoms with van der Waals surface area (Å²) in [6.45, 7) is 1.95. The molecule has 27 heavy (non-hydrogen) atoms. The summed E-state index contributed by atoms with van der Waals surface area (Å²) in [5.74, 6) is 0.113. The maximum Gasteiger partial charge on any atom is 0.234 e. The first-order chi connectivity index (χ1) is 13.1. The van der Waals surface area contributed by atoms with Crippen LogP contribution in [0.3, 0.4) is 0 Å². The van der Waals surface area contributed by atoms with Gasteiger partial charge in [0.15, 0.2) is 5.16 Å². The number of benzene rings is 2. The van der Waals surface area contributed by atoms with Crippen molar-refractivity contribution in [3.05, 3.63) is 71.0 Å². The fourth-order valence-electron chi connectivity index (χ4n) is 2.56. The third-order valence-corrected chi connectivity index (χ3v) is 5.33. The van der Waals surface area contributed by atoms with Crippen molar-refractivity contribution in [1.29, 1.82) is 5.26 Å². The first kappa shape index (κ1) is 19.0. The number of nitriles is 1. The number of nitrogens with zero attached hydrogens (tertiary/aromatic N) is 3. The highest BCUT2D eigenvalue weighted by Crippen LogP contribution is 2.26. The van der Waals surface area contributed by atoms with Crippen LogP contribution in [-0.4, -0.2) is 21.2 Å². The first-order valence-electron chi connectivity index (χ1n) is 8.26. The molecule has 0 spiro atoms. The maximum absolute atomic E-state index is 12.2. The van der Waals surface area contributed by atoms with Crippen LogP contribution < -0.4 is 5.32 Å². The number of hydrogen-bond donors (Lipinski definition) is 1. The van der Waals surface area contributed by atoms with Gasteiger partial charge < -0.3 is 5.32 Å². The number of halogens is 1. The van der Waals surface area contributed by atoms with Crippen LogP contribution in [0, 0.1) is 18.3 Å². The van der Waals surface area contributed by atoms with E-state index in [1.165, 1.54) is 11.8 Å². The SMILES string of the molecule is Cc1c(Cl)cccc1-n1ccnc1SCC(=O)Nc1ccc(CC#N)cc1. The average molecular weight is 397 g/mol. The van der Waals surface area contributed by atoms with E-state index in [2.05, 4.69) is 16.4 Å². The predicted molar refractivity (Wildman–Crippen MR) is 108 cm³/mol. The highest BCUT2D eigenvalue weighted by atomic mass is 35.5. The molecule has 0 bridgehead atoms. The summed E-state index contributed by atoms with van der Waals surface area (Å²) in [4.78, 5) is 16.6. The Bertz CT molecular complexity index is 992. The van der Waals surface area contributed by atoms with Gasteiger partial charge >= 0.3 is 0 Å². The summed E-state index contributed by atoms with van der Waals surface area (Å²) in [5, 5.41) is 13.0. The van der Waals surface area contributed by atoms with Crippen LogP contribution >= 0.6 is 23.4 Å². The topological polar surface area (TPSA) is 70.7 Å². The van der Waals surface area contributed by atoms with Gasteiger partial charge in [-0.15, -0.1) is 0 Å². The molecule has 0 unspecified atom stereocenters. The lowest BCUT2D eigenvalue weighted by Crippen LogP contribution is -2.14. The molecule has 0 fully saturated rings. The highest BCUT2D eigenvalue weighted by Gasteiger charge is 2.12. The number of amides is 1. The molecular formula is C20H17ClN4OS. The van der Waals surface area contributed by atoms with Crippen LogP contribution in [0.25, 0.3) is 5.69 Å². The van der Waals surface area contributed by atoms with Crippen molar-refractivity contribution >= 4 is 35.0 Å². The molecule has 136 valence electrons. The van der Waals surface area contributed by atoms with Crippen molar-refractivity contribution < 1.29 is 4.79 Å². The monoisotopic (exact) mass is 396 g/mol. The van der Waals surface area contributed by atoms with Crippen LogP contribution in [0.15, 0.2) is 60.0 Å². The van der Waals surface area contributed by atoms with Crippen molar-refractivity contribution in [2.24, 2.45) is 0 Å². The Labute approximate surface area is 167 Å². The molecule has 5 nitrogen and oxygen atoms in total. The Kier molecular flexibility index (Phi) is 6.17. The van der Waals surface area contributed by atoms with E-state index in [1.807, 2.05) is 48.0 Å². The van der Waals surface area contributed by atoms with Gasteiger partial charge in [0.25, 0.3) is 0 Å². The molecule has 3 rings (SSSR count). The lowest BCUT2D eigenvalue weighted by Gasteiger charge is -2.11. The third kappa shape index (κ3) is 4.70. The van der Waals surface area contributed by atoms with Gasteiger partial charge in [-0.3, -0.25) is 9.36 Å². The van der Waals surface area contributed by atoms with Gasteiger partial charge in [-0.1, -0.05) is 41.6 Å². The van der Waals surface area contributed by atoms with E-state index in [0.717, 1.165) is 22.0 Å². The second-order valence-corrected chi connectivity index (χ2v) is 7.18. The zero-order chi connectivity index (χ0) is 19.2. The summed E-state index contributed by atoms with van der Waals surface area (Å²) >= 11 is 7.56. The molecule has 0 saturated heterocycles. The summed E-state index contributed by atoms with van der Waals surface area (Å²) in [7, 11) is 0. The van der Waals surface area contributed by atoms with Gasteiger partial charge in [0.05, 0.1) is 23.9 Å². The summed E-state index contributed by atoms with van der Waals surface area (Å²) in [6, 6.07) is 15.1. The van der Waals surface area contributed by atoms with E-state index in [0.29, 0.717) is 17.1 Å². The minimum atomic E-state index is -0.120. The Morgan fingerprint density at radius 2 is 2.07 bits per heavy atom. The summed E-state index contributed by atoms with van der Waals surface area (Å²) < 4.78 is 1.93. The van der Waals surface area contributed by atoms with Crippen molar-refractivity contribution in [3.8, 4) is 11.8 Å². The average Bonchev–Trinajstić information content (AvgIpc) is 3.12. The minimum absolute atomic E-state index is 0.120.